The molecule has 3 aliphatic heterocycles. The number of carbonyl (C=O) groups is 7. The van der Waals surface area contributed by atoms with Gasteiger partial charge >= 0.3 is 18.3 Å². The van der Waals surface area contributed by atoms with Crippen molar-refractivity contribution in [2.24, 2.45) is 17.2 Å². The van der Waals surface area contributed by atoms with Crippen molar-refractivity contribution >= 4 is 71.4 Å². The molecule has 13 N–H and O–H groups in total. The molecule has 32 nitrogen and oxygen atoms in total. The topological polar surface area (TPSA) is 468 Å². The summed E-state index contributed by atoms with van der Waals surface area (Å²) in [5.74, 6) is -6.89. The van der Waals surface area contributed by atoms with Gasteiger partial charge in [0.15, 0.2) is 29.5 Å². The van der Waals surface area contributed by atoms with E-state index in [0.29, 0.717) is 152 Å². The molecule has 7 amide bonds. The summed E-state index contributed by atoms with van der Waals surface area (Å²) in [5.41, 5.74) is 24.4. The van der Waals surface area contributed by atoms with Crippen molar-refractivity contribution in [3.05, 3.63) is 207 Å². The number of hydrogen-bond donors (Lipinski definition) is 10. The van der Waals surface area contributed by atoms with E-state index in [9.17, 15) is 91.7 Å². The number of likely N-dealkylation sites (tertiary alicyclic amines) is 1. The monoisotopic (exact) mass is 2050 g/mol. The van der Waals surface area contributed by atoms with Gasteiger partial charge in [-0.1, -0.05) is 185 Å². The number of hydrogen-bond acceptors (Lipinski definition) is 25. The molecule has 142 heavy (non-hydrogen) atoms. The van der Waals surface area contributed by atoms with Gasteiger partial charge in [0.05, 0.1) is 78.2 Å². The van der Waals surface area contributed by atoms with Gasteiger partial charge in [0.2, 0.25) is 23.6 Å². The number of aliphatic hydroxyl groups excluding tert-OH is 3. The number of nitrogens with zero attached hydrogens (tertiary/aromatic N) is 4. The molecule has 0 aliphatic carbocycles. The SMILES string of the molecule is CCCC(CCC)S(=O)(=O)CC(NC(=O)O[C@@H]1CCN(C(C)=O)C1)C(=O)N(Cc1cccc(CC)c1)C[C@@H](O)[C@@H](N)Cc1cc(F)cc(F)c1.CCCC(CCC)S(=O)(=O)CC(NC(=O)O[C@@H]1CCNC1)C(=O)N(Cc1cccc(CC)c1)C[C@@H](O)[C@@H](N)Cc1cc(F)cc(F)c1.CCCC(CCC)S(=O)(=O)CC(NC(=O)O[C@H]1CCOC1)C(=O)N(Cc1cccc(OC)c1)C[C@@H](O)[C@@H](N)Cc1ccccc1. The summed E-state index contributed by atoms with van der Waals surface area (Å²) in [5, 5.41) is 42.2. The predicted octanol–water partition coefficient (Wildman–Crippen LogP) is 10.7. The van der Waals surface area contributed by atoms with Crippen LogP contribution in [0.15, 0.2) is 140 Å². The fourth-order valence-electron chi connectivity index (χ4n) is 17.6. The molecule has 0 radical (unpaired) electrons. The van der Waals surface area contributed by atoms with E-state index in [4.69, 9.17) is 40.9 Å². The summed E-state index contributed by atoms with van der Waals surface area (Å²) in [6.45, 7) is 18.1. The number of aryl methyl sites for hydroxylation is 2. The normalized spacial score (nSPS) is 16.8. The molecular weight excluding hydrogens is 1900 g/mol. The number of alkyl carbamates (subject to hydrolysis) is 3. The lowest BCUT2D eigenvalue weighted by Crippen LogP contribution is -2.55. The quantitative estimate of drug-likeness (QED) is 0.0125. The van der Waals surface area contributed by atoms with Crippen molar-refractivity contribution < 1.29 is 115 Å². The maximum atomic E-state index is 14.4. The number of ether oxygens (including phenoxy) is 5. The van der Waals surface area contributed by atoms with Crippen LogP contribution in [0.2, 0.25) is 0 Å². The van der Waals surface area contributed by atoms with E-state index in [1.54, 1.807) is 36.4 Å². The van der Waals surface area contributed by atoms with Crippen molar-refractivity contribution in [2.75, 3.05) is 83.4 Å². The first-order chi connectivity index (χ1) is 67.5. The third-order valence-electron chi connectivity index (χ3n) is 25.3. The van der Waals surface area contributed by atoms with Crippen molar-refractivity contribution in [3.63, 3.8) is 0 Å². The van der Waals surface area contributed by atoms with Crippen molar-refractivity contribution in [1.82, 2.24) is 40.9 Å². The van der Waals surface area contributed by atoms with Crippen molar-refractivity contribution in [2.45, 2.75) is 299 Å². The minimum absolute atomic E-state index is 0.0157. The minimum Gasteiger partial charge on any atom is -0.497 e. The van der Waals surface area contributed by atoms with Gasteiger partial charge in [-0.05, 0) is 165 Å². The van der Waals surface area contributed by atoms with Crippen LogP contribution in [0.5, 0.6) is 5.75 Å². The molecule has 39 heteroatoms. The van der Waals surface area contributed by atoms with Crippen LogP contribution in [-0.4, -0.2) is 274 Å². The molecule has 9 rings (SSSR count). The molecule has 3 saturated heterocycles. The highest BCUT2D eigenvalue weighted by Crippen LogP contribution is 2.27. The van der Waals surface area contributed by atoms with Crippen LogP contribution < -0.4 is 43.2 Å². The largest absolute Gasteiger partial charge is 0.497 e. The van der Waals surface area contributed by atoms with Crippen LogP contribution in [0.3, 0.4) is 0 Å². The zero-order chi connectivity index (χ0) is 104. The minimum atomic E-state index is -3.92. The lowest BCUT2D eigenvalue weighted by atomic mass is 10.0. The summed E-state index contributed by atoms with van der Waals surface area (Å²) in [6, 6.07) is 30.0. The summed E-state index contributed by atoms with van der Waals surface area (Å²) < 4.78 is 165. The van der Waals surface area contributed by atoms with Gasteiger partial charge in [-0.2, -0.15) is 0 Å². The van der Waals surface area contributed by atoms with E-state index in [0.717, 1.165) is 65.1 Å². The van der Waals surface area contributed by atoms with Crippen LogP contribution in [-0.2, 0) is 119 Å². The molecule has 3 heterocycles. The van der Waals surface area contributed by atoms with Gasteiger partial charge in [0.25, 0.3) is 0 Å². The van der Waals surface area contributed by atoms with Crippen molar-refractivity contribution in [3.8, 4) is 5.75 Å². The first-order valence-corrected chi connectivity index (χ1v) is 54.7. The lowest BCUT2D eigenvalue weighted by molar-refractivity contribution is -0.135. The van der Waals surface area contributed by atoms with Crippen LogP contribution in [0.4, 0.5) is 31.9 Å². The molecule has 3 unspecified atom stereocenters. The number of rotatable bonds is 54. The number of carbonyl (C=O) groups excluding carboxylic acids is 7. The Morgan fingerprint density at radius 1 is 0.444 bits per heavy atom. The van der Waals surface area contributed by atoms with E-state index in [2.05, 4.69) is 21.3 Å². The zero-order valence-corrected chi connectivity index (χ0v) is 86.1. The number of halogens is 4. The Kier molecular flexibility index (Phi) is 50.4. The van der Waals surface area contributed by atoms with Crippen LogP contribution in [0, 0.1) is 23.3 Å². The Bertz CT molecular complexity index is 5250. The molecule has 12 atom stereocenters. The summed E-state index contributed by atoms with van der Waals surface area (Å²) in [6.07, 6.45) is 1.10. The number of amides is 7. The molecule has 0 saturated carbocycles. The van der Waals surface area contributed by atoms with Gasteiger partial charge in [0.1, 0.15) is 65.5 Å². The Balaban J connectivity index is 0.000000290. The highest BCUT2D eigenvalue weighted by Gasteiger charge is 2.42. The summed E-state index contributed by atoms with van der Waals surface area (Å²) in [4.78, 5) is 99.4. The first kappa shape index (κ1) is 119. The van der Waals surface area contributed by atoms with E-state index >= 15 is 0 Å². The smallest absolute Gasteiger partial charge is 0.408 e. The number of methoxy groups -OCH3 is 1. The Morgan fingerprint density at radius 3 is 1.12 bits per heavy atom. The van der Waals surface area contributed by atoms with Gasteiger partial charge in [-0.15, -0.1) is 0 Å². The number of benzene rings is 6. The van der Waals surface area contributed by atoms with Gasteiger partial charge in [-0.3, -0.25) is 19.2 Å². The van der Waals surface area contributed by atoms with Gasteiger partial charge in [0, 0.05) is 102 Å². The average molecular weight is 2050 g/mol. The summed E-state index contributed by atoms with van der Waals surface area (Å²) >= 11 is 0. The number of nitrogens with two attached hydrogens (primary N) is 3. The van der Waals surface area contributed by atoms with E-state index in [1.807, 2.05) is 122 Å². The van der Waals surface area contributed by atoms with Gasteiger partial charge < -0.3 is 97.1 Å². The van der Waals surface area contributed by atoms with Gasteiger partial charge in [-0.25, -0.2) is 57.2 Å². The zero-order valence-electron chi connectivity index (χ0n) is 83.6. The molecule has 6 aromatic carbocycles. The highest BCUT2D eigenvalue weighted by molar-refractivity contribution is 7.92. The van der Waals surface area contributed by atoms with Crippen LogP contribution in [0.25, 0.3) is 0 Å². The first-order valence-electron chi connectivity index (χ1n) is 49.6. The number of sulfone groups is 3. The second-order valence-corrected chi connectivity index (χ2v) is 44.0. The van der Waals surface area contributed by atoms with Crippen LogP contribution in [0.1, 0.15) is 203 Å². The fraction of sp³-hybridized carbons (Fsp3) is 0.583. The third-order valence-corrected chi connectivity index (χ3v) is 32.1. The lowest BCUT2D eigenvalue weighted by Gasteiger charge is -2.32. The molecule has 3 fully saturated rings. The molecule has 0 aromatic heterocycles. The van der Waals surface area contributed by atoms with E-state index in [-0.39, 0.29) is 82.3 Å². The predicted molar refractivity (Wildman–Crippen MR) is 537 cm³/mol. The Labute approximate surface area is 835 Å². The third kappa shape index (κ3) is 40.2. The Hall–Kier alpha value is -9.94. The molecule has 0 spiro atoms. The average Bonchev–Trinajstić information content (AvgIpc) is 1.07. The van der Waals surface area contributed by atoms with E-state index in [1.165, 1.54) is 33.6 Å². The molecule has 790 valence electrons. The molecule has 6 aromatic rings. The Morgan fingerprint density at radius 2 is 0.789 bits per heavy atom. The van der Waals surface area contributed by atoms with E-state index < -0.39 is 195 Å². The summed E-state index contributed by atoms with van der Waals surface area (Å²) in [7, 11) is -10.1. The maximum Gasteiger partial charge on any atom is 0.408 e. The molecule has 0 bridgehead atoms. The number of aliphatic hydroxyl groups is 3. The molecule has 3 aliphatic rings. The standard InChI is InChI=1S/C36H52F2N4O7S.C34H50F2N4O6S.C33H49N3O8S/c1-5-9-31(10-6-2)50(47,48)23-33(40-36(46)49-30-13-14-41(21-30)24(4)43)35(45)42(20-26-12-8-11-25(7-3)15-26)22-34(44)32(39)18-27-16-28(37)19-29(38)17-27;1-4-8-29(9-5-2)47(44,45)22-31(39-34(43)46-28-12-13-38-19-28)33(42)40(20-24-11-7-10-23(6-3)14-24)21-32(41)30(37)17-25-15-26(35)18-27(36)16-25;1-4-10-28(11-5-2)45(40,41)23-30(35-33(39)44-27-16-17-43-22-27)32(38)36(20-25-14-9-15-26(18-25)42-3)21-31(37)29(34)19-24-12-7-6-8-13-24/h8,11-12,15-17,19,30-34,44H,5-7,9-10,13-14,18,20-23,39H2,1-4H3,(H,40,46);7,10-11,14-16,18,28-32,38,41H,4-6,8-9,12-13,17,19-22,37H2,1-3H3,(H,39,43);6-9,12-15,18,27-31,37H,4-5,10-11,16-17,19-23,34H2,1-3H3,(H,35,39)/t30-,32+,33?,34-;28-,30+,31?,32-;27-,29-,30?,31+/m110/s1. The fourth-order valence-corrected chi connectivity index (χ4v) is 24.0. The second-order valence-electron chi connectivity index (χ2n) is 37.1. The van der Waals surface area contributed by atoms with Crippen LogP contribution >= 0.6 is 0 Å². The second kappa shape index (κ2) is 60.1. The maximum absolute atomic E-state index is 14.4. The molecular formula is C103H151F4N11O21S3. The van der Waals surface area contributed by atoms with Crippen molar-refractivity contribution in [1.29, 1.82) is 0 Å². The highest BCUT2D eigenvalue weighted by atomic mass is 32.2. The number of nitrogens with one attached hydrogen (secondary N) is 4.